The second-order valence-corrected chi connectivity index (χ2v) is 7.08. The van der Waals surface area contributed by atoms with E-state index >= 15 is 0 Å². The summed E-state index contributed by atoms with van der Waals surface area (Å²) >= 11 is 12.5. The van der Waals surface area contributed by atoms with Gasteiger partial charge >= 0.3 is 11.7 Å². The average molecular weight is 484 g/mol. The van der Waals surface area contributed by atoms with Crippen LogP contribution in [-0.2, 0) is 9.53 Å². The molecule has 2 heterocycles. The fourth-order valence-electron chi connectivity index (χ4n) is 2.61. The summed E-state index contributed by atoms with van der Waals surface area (Å²) < 4.78 is 15.0. The number of rotatable bonds is 7. The zero-order valence-electron chi connectivity index (χ0n) is 16.5. The van der Waals surface area contributed by atoms with Crippen molar-refractivity contribution in [1.29, 1.82) is 0 Å². The number of carbonyl (C=O) groups excluding carboxylic acids is 2. The maximum absolute atomic E-state index is 12.1. The van der Waals surface area contributed by atoms with Gasteiger partial charge in [0.1, 0.15) is 6.10 Å². The van der Waals surface area contributed by atoms with E-state index in [1.807, 2.05) is 0 Å². The molecule has 0 spiro atoms. The fourth-order valence-corrected chi connectivity index (χ4v) is 3.18. The molecule has 14 heteroatoms. The van der Waals surface area contributed by atoms with E-state index in [9.17, 15) is 19.2 Å². The van der Waals surface area contributed by atoms with E-state index in [-0.39, 0.29) is 38.8 Å². The number of aromatic nitrogens is 4. The summed E-state index contributed by atoms with van der Waals surface area (Å²) in [5, 5.41) is 11.8. The van der Waals surface area contributed by atoms with Gasteiger partial charge in [-0.1, -0.05) is 30.1 Å². The van der Waals surface area contributed by atoms with Gasteiger partial charge in [0.25, 0.3) is 11.5 Å². The Bertz CT molecular complexity index is 1260. The Morgan fingerprint density at radius 3 is 2.47 bits per heavy atom. The van der Waals surface area contributed by atoms with Gasteiger partial charge in [0.05, 0.1) is 15.6 Å². The average Bonchev–Trinajstić information content (AvgIpc) is 3.16. The highest BCUT2D eigenvalue weighted by atomic mass is 35.5. The number of halogens is 2. The van der Waals surface area contributed by atoms with Crippen molar-refractivity contribution in [2.75, 3.05) is 5.32 Å². The Morgan fingerprint density at radius 1 is 1.22 bits per heavy atom. The lowest BCUT2D eigenvalue weighted by Crippen LogP contribution is -2.20. The number of H-pyrrole nitrogens is 2. The molecule has 0 bridgehead atoms. The lowest BCUT2D eigenvalue weighted by Gasteiger charge is -2.15. The molecule has 0 fully saturated rings. The molecule has 12 nitrogen and oxygen atoms in total. The predicted octanol–water partition coefficient (Wildman–Crippen LogP) is 2.81. The Hall–Kier alpha value is -3.64. The number of anilines is 1. The molecule has 0 aliphatic heterocycles. The number of nitrogens with zero attached hydrogens (tertiary/aromatic N) is 2. The van der Waals surface area contributed by atoms with Gasteiger partial charge in [0.2, 0.25) is 11.7 Å². The summed E-state index contributed by atoms with van der Waals surface area (Å²) in [5.41, 5.74) is -0.241. The van der Waals surface area contributed by atoms with Gasteiger partial charge in [-0.3, -0.25) is 23.9 Å². The van der Waals surface area contributed by atoms with Crippen LogP contribution in [0.4, 0.5) is 5.69 Å². The molecule has 1 atom stereocenters. The number of hydrogen-bond acceptors (Lipinski definition) is 9. The van der Waals surface area contributed by atoms with E-state index in [2.05, 4.69) is 30.2 Å². The zero-order valence-corrected chi connectivity index (χ0v) is 18.0. The monoisotopic (exact) mass is 483 g/mol. The number of ether oxygens (including phenoxy) is 2. The van der Waals surface area contributed by atoms with E-state index < -0.39 is 29.3 Å². The second kappa shape index (κ2) is 9.66. The van der Waals surface area contributed by atoms with Gasteiger partial charge in [-0.2, -0.15) is 0 Å². The number of amides is 1. The third-order valence-corrected chi connectivity index (χ3v) is 4.51. The van der Waals surface area contributed by atoms with Crippen molar-refractivity contribution in [3.63, 3.8) is 0 Å². The summed E-state index contributed by atoms with van der Waals surface area (Å²) in [5.74, 6) is -2.61. The van der Waals surface area contributed by atoms with E-state index in [1.54, 1.807) is 6.92 Å². The Morgan fingerprint density at radius 2 is 1.91 bits per heavy atom. The largest absolute Gasteiger partial charge is 0.457 e. The van der Waals surface area contributed by atoms with Gasteiger partial charge in [-0.05, 0) is 23.7 Å². The first-order valence-corrected chi connectivity index (χ1v) is 9.74. The number of nitrogens with one attached hydrogen (secondary N) is 3. The molecule has 3 N–H and O–H groups in total. The van der Waals surface area contributed by atoms with Crippen molar-refractivity contribution in [2.45, 2.75) is 26.4 Å². The number of hydrogen-bond donors (Lipinski definition) is 3. The molecule has 168 valence electrons. The van der Waals surface area contributed by atoms with Crippen LogP contribution in [0.25, 0.3) is 0 Å². The van der Waals surface area contributed by atoms with E-state index in [1.165, 1.54) is 25.1 Å². The van der Waals surface area contributed by atoms with Crippen molar-refractivity contribution < 1.29 is 23.6 Å². The molecule has 3 aromatic rings. The Labute approximate surface area is 188 Å². The van der Waals surface area contributed by atoms with Crippen LogP contribution < -0.4 is 21.4 Å². The molecule has 0 aliphatic rings. The predicted molar refractivity (Wildman–Crippen MR) is 111 cm³/mol. The quantitative estimate of drug-likeness (QED) is 0.427. The molecule has 0 aliphatic carbocycles. The second-order valence-electron chi connectivity index (χ2n) is 6.27. The van der Waals surface area contributed by atoms with Crippen LogP contribution in [0.5, 0.6) is 11.6 Å². The van der Waals surface area contributed by atoms with E-state index in [0.717, 1.165) is 0 Å². The smallest absolute Gasteiger partial charge is 0.439 e. The third kappa shape index (κ3) is 5.34. The lowest BCUT2D eigenvalue weighted by molar-refractivity contribution is -0.146. The lowest BCUT2D eigenvalue weighted by atomic mass is 10.1. The minimum absolute atomic E-state index is 0.00280. The highest BCUT2D eigenvalue weighted by molar-refractivity contribution is 6.37. The number of benzene rings is 1. The molecule has 0 saturated heterocycles. The van der Waals surface area contributed by atoms with E-state index in [0.29, 0.717) is 6.42 Å². The molecule has 32 heavy (non-hydrogen) atoms. The molecule has 0 radical (unpaired) electrons. The maximum atomic E-state index is 12.1. The summed E-state index contributed by atoms with van der Waals surface area (Å²) in [7, 11) is 0. The molecule has 1 aromatic carbocycles. The molecule has 0 saturated carbocycles. The number of carbonyl (C=O) groups is 2. The molecule has 2 aromatic heterocycles. The summed E-state index contributed by atoms with van der Waals surface area (Å²) in [6.45, 7) is 2.97. The minimum atomic E-state index is -0.887. The first-order chi connectivity index (χ1) is 15.2. The number of esters is 1. The SMILES string of the molecule is CCC(OC(C)=O)c1cc(Oc2c(Cl)cc(NC(=O)c3noc(=O)[nH]3)cc2Cl)n[nH]c1=O. The maximum Gasteiger partial charge on any atom is 0.439 e. The minimum Gasteiger partial charge on any atom is -0.457 e. The van der Waals surface area contributed by atoms with E-state index in [4.69, 9.17) is 32.7 Å². The van der Waals surface area contributed by atoms with Crippen molar-refractivity contribution in [3.8, 4) is 11.6 Å². The van der Waals surface area contributed by atoms with Crippen LogP contribution in [-0.4, -0.2) is 32.2 Å². The van der Waals surface area contributed by atoms with Gasteiger partial charge in [0.15, 0.2) is 5.75 Å². The molecule has 1 amide bonds. The normalized spacial score (nSPS) is 11.6. The van der Waals surface area contributed by atoms with Gasteiger partial charge < -0.3 is 14.8 Å². The van der Waals surface area contributed by atoms with Crippen LogP contribution in [0.1, 0.15) is 42.6 Å². The summed E-state index contributed by atoms with van der Waals surface area (Å²) in [4.78, 5) is 48.5. The first-order valence-electron chi connectivity index (χ1n) is 8.99. The van der Waals surface area contributed by atoms with Crippen LogP contribution in [0.3, 0.4) is 0 Å². The Kier molecular flexibility index (Phi) is 6.95. The first kappa shape index (κ1) is 23.0. The standard InChI is InChI=1S/C18H15Cl2N5O7/c1-3-12(30-7(2)26)9-6-13(23-24-16(9)27)31-14-10(19)4-8(5-11(14)20)21-17(28)15-22-18(29)32-25-15/h4-6,12H,3H2,1-2H3,(H,21,28)(H,24,27)(H,22,25,29). The number of aromatic amines is 2. The van der Waals surface area contributed by atoms with Crippen molar-refractivity contribution in [2.24, 2.45) is 0 Å². The molecular weight excluding hydrogens is 469 g/mol. The highest BCUT2D eigenvalue weighted by Gasteiger charge is 2.20. The van der Waals surface area contributed by atoms with Crippen LogP contribution >= 0.6 is 23.2 Å². The van der Waals surface area contributed by atoms with Gasteiger partial charge in [-0.15, -0.1) is 5.10 Å². The highest BCUT2D eigenvalue weighted by Crippen LogP contribution is 2.38. The van der Waals surface area contributed by atoms with Crippen molar-refractivity contribution in [1.82, 2.24) is 20.3 Å². The third-order valence-electron chi connectivity index (χ3n) is 3.95. The molecule has 1 unspecified atom stereocenters. The summed E-state index contributed by atoms with van der Waals surface area (Å²) in [6, 6.07) is 3.97. The van der Waals surface area contributed by atoms with Gasteiger partial charge in [-0.25, -0.2) is 9.89 Å². The van der Waals surface area contributed by atoms with Gasteiger partial charge in [0, 0.05) is 18.7 Å². The Balaban J connectivity index is 1.84. The van der Waals surface area contributed by atoms with Crippen LogP contribution in [0.15, 0.2) is 32.3 Å². The summed E-state index contributed by atoms with van der Waals surface area (Å²) in [6.07, 6.45) is -0.452. The molecular formula is C18H15Cl2N5O7. The zero-order chi connectivity index (χ0) is 23.4. The fraction of sp³-hybridized carbons (Fsp3) is 0.222. The van der Waals surface area contributed by atoms with Crippen LogP contribution in [0.2, 0.25) is 10.0 Å². The molecule has 3 rings (SSSR count). The van der Waals surface area contributed by atoms with Crippen molar-refractivity contribution >= 4 is 40.8 Å². The van der Waals surface area contributed by atoms with Crippen molar-refractivity contribution in [3.05, 3.63) is 60.5 Å². The topological polar surface area (TPSA) is 169 Å². The van der Waals surface area contributed by atoms with Crippen LogP contribution in [0, 0.1) is 0 Å².